The highest BCUT2D eigenvalue weighted by Crippen LogP contribution is 2.47. The molecule has 1 aliphatic carbocycles. The molecule has 1 N–H and O–H groups in total. The molecule has 0 atom stereocenters. The molecule has 0 aliphatic heterocycles. The monoisotopic (exact) mass is 398 g/mol. The summed E-state index contributed by atoms with van der Waals surface area (Å²) in [5.74, 6) is 1.95. The predicted molar refractivity (Wildman–Crippen MR) is 112 cm³/mol. The zero-order valence-electron chi connectivity index (χ0n) is 17.2. The van der Waals surface area contributed by atoms with Crippen molar-refractivity contribution in [2.45, 2.75) is 25.7 Å². The average molecular weight is 398 g/mol. The lowest BCUT2D eigenvalue weighted by Gasteiger charge is -2.22. The van der Waals surface area contributed by atoms with Gasteiger partial charge in [0, 0.05) is 16.7 Å². The second kappa shape index (κ2) is 8.90. The lowest BCUT2D eigenvalue weighted by atomic mass is 9.88. The Kier molecular flexibility index (Phi) is 6.32. The minimum Gasteiger partial charge on any atom is -0.504 e. The van der Waals surface area contributed by atoms with Crippen molar-refractivity contribution in [1.29, 1.82) is 0 Å². The molecule has 0 saturated heterocycles. The Bertz CT molecular complexity index is 945. The van der Waals surface area contributed by atoms with Gasteiger partial charge < -0.3 is 24.1 Å². The smallest absolute Gasteiger partial charge is 0.203 e. The second-order valence-electron chi connectivity index (χ2n) is 6.79. The van der Waals surface area contributed by atoms with E-state index in [1.807, 2.05) is 12.1 Å². The SMILES string of the molecule is COc1ccc2c(c1O)CCCC/C(c1c(C=O)cc(OC)c(OC)c1OC)=C\2. The molecule has 0 radical (unpaired) electrons. The fourth-order valence-electron chi connectivity index (χ4n) is 3.87. The standard InChI is InChI=1S/C23H26O6/c1-26-18-10-9-14-11-15(7-5-6-8-17(14)21(18)25)20-16(13-24)12-19(27-2)22(28-3)23(20)29-4/h9-13,25H,5-8H2,1-4H3/b15-11+. The van der Waals surface area contributed by atoms with Crippen LogP contribution in [0.1, 0.15) is 46.3 Å². The van der Waals surface area contributed by atoms with E-state index < -0.39 is 0 Å². The van der Waals surface area contributed by atoms with Crippen molar-refractivity contribution in [3.05, 3.63) is 40.5 Å². The van der Waals surface area contributed by atoms with Crippen molar-refractivity contribution >= 4 is 17.9 Å². The number of carbonyl (C=O) groups is 1. The van der Waals surface area contributed by atoms with Gasteiger partial charge in [-0.05, 0) is 49.0 Å². The molecule has 0 spiro atoms. The van der Waals surface area contributed by atoms with E-state index in [0.717, 1.165) is 48.7 Å². The fraction of sp³-hybridized carbons (Fsp3) is 0.348. The molecule has 2 aromatic rings. The molecular formula is C23H26O6. The summed E-state index contributed by atoms with van der Waals surface area (Å²) in [7, 11) is 6.14. The summed E-state index contributed by atoms with van der Waals surface area (Å²) in [4.78, 5) is 11.9. The van der Waals surface area contributed by atoms with E-state index in [-0.39, 0.29) is 5.75 Å². The van der Waals surface area contributed by atoms with Crippen molar-refractivity contribution in [3.63, 3.8) is 0 Å². The predicted octanol–water partition coefficient (Wildman–Crippen LogP) is 4.51. The Morgan fingerprint density at radius 2 is 1.59 bits per heavy atom. The Morgan fingerprint density at radius 1 is 0.897 bits per heavy atom. The van der Waals surface area contributed by atoms with E-state index in [9.17, 15) is 9.90 Å². The number of phenols is 1. The largest absolute Gasteiger partial charge is 0.504 e. The summed E-state index contributed by atoms with van der Waals surface area (Å²) in [6.07, 6.45) is 6.12. The Labute approximate surface area is 170 Å². The number of hydrogen-bond donors (Lipinski definition) is 1. The zero-order chi connectivity index (χ0) is 21.0. The minimum absolute atomic E-state index is 0.164. The molecule has 0 amide bonds. The van der Waals surface area contributed by atoms with E-state index in [4.69, 9.17) is 18.9 Å². The molecule has 1 aliphatic rings. The van der Waals surface area contributed by atoms with E-state index >= 15 is 0 Å². The van der Waals surface area contributed by atoms with Gasteiger partial charge in [-0.25, -0.2) is 0 Å². The number of benzene rings is 2. The lowest BCUT2D eigenvalue weighted by molar-refractivity contribution is 0.112. The van der Waals surface area contributed by atoms with Crippen molar-refractivity contribution in [2.24, 2.45) is 0 Å². The fourth-order valence-corrected chi connectivity index (χ4v) is 3.87. The summed E-state index contributed by atoms with van der Waals surface area (Å²) in [5.41, 5.74) is 3.82. The molecule has 6 heteroatoms. The van der Waals surface area contributed by atoms with Gasteiger partial charge in [-0.1, -0.05) is 12.1 Å². The number of aromatic hydroxyl groups is 1. The molecule has 2 aromatic carbocycles. The highest BCUT2D eigenvalue weighted by molar-refractivity contribution is 5.96. The van der Waals surface area contributed by atoms with Crippen LogP contribution in [0.3, 0.4) is 0 Å². The summed E-state index contributed by atoms with van der Waals surface area (Å²) in [6.45, 7) is 0. The number of carbonyl (C=O) groups excluding carboxylic acids is 1. The maximum atomic E-state index is 11.9. The third kappa shape index (κ3) is 3.75. The van der Waals surface area contributed by atoms with Crippen molar-refractivity contribution in [2.75, 3.05) is 28.4 Å². The van der Waals surface area contributed by atoms with Crippen LogP contribution < -0.4 is 18.9 Å². The van der Waals surface area contributed by atoms with Crippen molar-refractivity contribution in [3.8, 4) is 28.7 Å². The number of allylic oxidation sites excluding steroid dienone is 1. The number of aldehydes is 1. The van der Waals surface area contributed by atoms with Gasteiger partial charge in [0.25, 0.3) is 0 Å². The van der Waals surface area contributed by atoms with E-state index in [1.165, 1.54) is 21.3 Å². The lowest BCUT2D eigenvalue weighted by Crippen LogP contribution is -2.05. The number of methoxy groups -OCH3 is 4. The number of fused-ring (bicyclic) bond motifs is 1. The summed E-state index contributed by atoms with van der Waals surface area (Å²) < 4.78 is 21.8. The number of rotatable bonds is 6. The van der Waals surface area contributed by atoms with Gasteiger partial charge in [0.15, 0.2) is 29.3 Å². The van der Waals surface area contributed by atoms with Crippen LogP contribution in [0, 0.1) is 0 Å². The number of ether oxygens (including phenoxy) is 4. The molecule has 154 valence electrons. The molecule has 0 unspecified atom stereocenters. The highest BCUT2D eigenvalue weighted by atomic mass is 16.5. The van der Waals surface area contributed by atoms with Crippen LogP contribution in [0.5, 0.6) is 28.7 Å². The molecule has 6 nitrogen and oxygen atoms in total. The molecule has 0 heterocycles. The van der Waals surface area contributed by atoms with Crippen LogP contribution >= 0.6 is 0 Å². The van der Waals surface area contributed by atoms with Crippen LogP contribution in [-0.2, 0) is 6.42 Å². The maximum Gasteiger partial charge on any atom is 0.203 e. The number of phenolic OH excluding ortho intramolecular Hbond substituents is 1. The summed E-state index contributed by atoms with van der Waals surface area (Å²) in [6, 6.07) is 5.33. The average Bonchev–Trinajstić information content (AvgIpc) is 2.73. The van der Waals surface area contributed by atoms with Crippen LogP contribution in [0.25, 0.3) is 11.6 Å². The van der Waals surface area contributed by atoms with Crippen molar-refractivity contribution in [1.82, 2.24) is 0 Å². The highest BCUT2D eigenvalue weighted by Gasteiger charge is 2.24. The first-order chi connectivity index (χ1) is 14.1. The third-order valence-electron chi connectivity index (χ3n) is 5.26. The first-order valence-electron chi connectivity index (χ1n) is 9.47. The molecule has 0 bridgehead atoms. The maximum absolute atomic E-state index is 11.9. The molecule has 29 heavy (non-hydrogen) atoms. The van der Waals surface area contributed by atoms with Crippen LogP contribution in [0.2, 0.25) is 0 Å². The molecule has 0 aromatic heterocycles. The molecule has 0 fully saturated rings. The van der Waals surface area contributed by atoms with Gasteiger partial charge in [0.05, 0.1) is 28.4 Å². The Hall–Kier alpha value is -3.15. The summed E-state index contributed by atoms with van der Waals surface area (Å²) in [5, 5.41) is 10.6. The third-order valence-corrected chi connectivity index (χ3v) is 5.26. The molecule has 0 saturated carbocycles. The van der Waals surface area contributed by atoms with Crippen molar-refractivity contribution < 1.29 is 28.8 Å². The van der Waals surface area contributed by atoms with Gasteiger partial charge in [-0.3, -0.25) is 4.79 Å². The normalized spacial score (nSPS) is 15.2. The number of hydrogen-bond acceptors (Lipinski definition) is 6. The second-order valence-corrected chi connectivity index (χ2v) is 6.79. The Morgan fingerprint density at radius 3 is 2.21 bits per heavy atom. The summed E-state index contributed by atoms with van der Waals surface area (Å²) >= 11 is 0. The topological polar surface area (TPSA) is 74.2 Å². The van der Waals surface area contributed by atoms with Crippen LogP contribution in [0.4, 0.5) is 0 Å². The van der Waals surface area contributed by atoms with E-state index in [1.54, 1.807) is 19.2 Å². The first-order valence-corrected chi connectivity index (χ1v) is 9.47. The Balaban J connectivity index is 2.28. The van der Waals surface area contributed by atoms with Gasteiger partial charge >= 0.3 is 0 Å². The quantitative estimate of drug-likeness (QED) is 0.722. The van der Waals surface area contributed by atoms with Crippen LogP contribution in [-0.4, -0.2) is 39.8 Å². The molecule has 3 rings (SSSR count). The van der Waals surface area contributed by atoms with Gasteiger partial charge in [0.1, 0.15) is 0 Å². The molecular weight excluding hydrogens is 372 g/mol. The van der Waals surface area contributed by atoms with Gasteiger partial charge in [-0.15, -0.1) is 0 Å². The zero-order valence-corrected chi connectivity index (χ0v) is 17.2. The van der Waals surface area contributed by atoms with Gasteiger partial charge in [0.2, 0.25) is 5.75 Å². The first kappa shape index (κ1) is 20.6. The van der Waals surface area contributed by atoms with E-state index in [2.05, 4.69) is 0 Å². The van der Waals surface area contributed by atoms with Gasteiger partial charge in [-0.2, -0.15) is 0 Å². The minimum atomic E-state index is 0.164. The van der Waals surface area contributed by atoms with E-state index in [0.29, 0.717) is 34.1 Å². The van der Waals surface area contributed by atoms with Crippen LogP contribution in [0.15, 0.2) is 18.2 Å².